The van der Waals surface area contributed by atoms with Crippen LogP contribution in [0.1, 0.15) is 50.3 Å². The van der Waals surface area contributed by atoms with Crippen molar-refractivity contribution < 1.29 is 19.1 Å². The molecule has 0 radical (unpaired) electrons. The van der Waals surface area contributed by atoms with E-state index in [4.69, 9.17) is 9.47 Å². The van der Waals surface area contributed by atoms with Gasteiger partial charge in [-0.05, 0) is 55.9 Å². The molecule has 1 aliphatic carbocycles. The molecule has 5 heteroatoms. The molecule has 0 N–H and O–H groups in total. The van der Waals surface area contributed by atoms with Crippen molar-refractivity contribution in [2.24, 2.45) is 5.92 Å². The van der Waals surface area contributed by atoms with Crippen LogP contribution in [0.25, 0.3) is 5.57 Å². The average molecular weight is 369 g/mol. The molecule has 0 bridgehead atoms. The van der Waals surface area contributed by atoms with Crippen molar-refractivity contribution in [3.63, 3.8) is 0 Å². The smallest absolute Gasteiger partial charge is 0.410 e. The Kier molecular flexibility index (Phi) is 5.40. The zero-order chi connectivity index (χ0) is 19.6. The number of benzene rings is 1. The van der Waals surface area contributed by atoms with Gasteiger partial charge in [0.15, 0.2) is 0 Å². The van der Waals surface area contributed by atoms with Crippen LogP contribution in [0.5, 0.6) is 0 Å². The van der Waals surface area contributed by atoms with Gasteiger partial charge in [-0.1, -0.05) is 36.4 Å². The second kappa shape index (κ2) is 7.59. The van der Waals surface area contributed by atoms with Gasteiger partial charge in [0, 0.05) is 6.54 Å². The lowest BCUT2D eigenvalue weighted by Gasteiger charge is -2.24. The number of carbonyl (C=O) groups is 2. The Morgan fingerprint density at radius 1 is 1.19 bits per heavy atom. The highest BCUT2D eigenvalue weighted by Crippen LogP contribution is 2.35. The molecule has 1 aliphatic heterocycles. The number of methoxy groups -OCH3 is 1. The first kappa shape index (κ1) is 19.2. The normalized spacial score (nSPS) is 19.2. The maximum absolute atomic E-state index is 12.5. The predicted octanol–water partition coefficient (Wildman–Crippen LogP) is 4.46. The predicted molar refractivity (Wildman–Crippen MR) is 104 cm³/mol. The van der Waals surface area contributed by atoms with Crippen LogP contribution in [-0.2, 0) is 27.4 Å². The molecule has 0 fully saturated rings. The number of allylic oxidation sites excluding steroid dienone is 4. The Bertz CT molecular complexity index is 801. The van der Waals surface area contributed by atoms with Gasteiger partial charge in [-0.25, -0.2) is 4.79 Å². The number of amides is 1. The maximum Gasteiger partial charge on any atom is 0.410 e. The average Bonchev–Trinajstić information content (AvgIpc) is 2.90. The van der Waals surface area contributed by atoms with Crippen LogP contribution in [0, 0.1) is 5.92 Å². The number of esters is 1. The first-order chi connectivity index (χ1) is 12.8. The first-order valence-corrected chi connectivity index (χ1v) is 9.31. The van der Waals surface area contributed by atoms with E-state index in [-0.39, 0.29) is 18.0 Å². The van der Waals surface area contributed by atoms with Gasteiger partial charge in [-0.2, -0.15) is 0 Å². The number of hydrogen-bond donors (Lipinski definition) is 0. The van der Waals surface area contributed by atoms with E-state index in [1.165, 1.54) is 7.11 Å². The molecule has 3 rings (SSSR count). The SMILES string of the molecule is COC(=O)[C@H]1CC=CC=C(c2cccc3c2CN(C(=O)OC(C)(C)C)C3)C1. The monoisotopic (exact) mass is 369 g/mol. The zero-order valence-corrected chi connectivity index (χ0v) is 16.5. The summed E-state index contributed by atoms with van der Waals surface area (Å²) in [6.45, 7) is 6.67. The van der Waals surface area contributed by atoms with E-state index in [1.54, 1.807) is 4.90 Å². The molecule has 144 valence electrons. The summed E-state index contributed by atoms with van der Waals surface area (Å²) in [5, 5.41) is 0. The molecule has 0 spiro atoms. The van der Waals surface area contributed by atoms with E-state index < -0.39 is 5.60 Å². The van der Waals surface area contributed by atoms with Crippen LogP contribution in [0.3, 0.4) is 0 Å². The lowest BCUT2D eigenvalue weighted by molar-refractivity contribution is -0.145. The van der Waals surface area contributed by atoms with E-state index in [0.29, 0.717) is 25.9 Å². The third-order valence-electron chi connectivity index (χ3n) is 4.84. The third kappa shape index (κ3) is 4.41. The highest BCUT2D eigenvalue weighted by molar-refractivity contribution is 5.80. The summed E-state index contributed by atoms with van der Waals surface area (Å²) in [6.07, 6.45) is 7.07. The molecule has 27 heavy (non-hydrogen) atoms. The van der Waals surface area contributed by atoms with Crippen LogP contribution < -0.4 is 0 Å². The van der Waals surface area contributed by atoms with Crippen molar-refractivity contribution >= 4 is 17.6 Å². The number of nitrogens with zero attached hydrogens (tertiary/aromatic N) is 1. The Morgan fingerprint density at radius 3 is 2.67 bits per heavy atom. The van der Waals surface area contributed by atoms with Crippen molar-refractivity contribution in [3.05, 3.63) is 53.1 Å². The van der Waals surface area contributed by atoms with Gasteiger partial charge in [0.25, 0.3) is 0 Å². The summed E-state index contributed by atoms with van der Waals surface area (Å²) in [4.78, 5) is 26.2. The molecule has 1 heterocycles. The molecular weight excluding hydrogens is 342 g/mol. The summed E-state index contributed by atoms with van der Waals surface area (Å²) in [6, 6.07) is 6.13. The Morgan fingerprint density at radius 2 is 1.96 bits per heavy atom. The minimum Gasteiger partial charge on any atom is -0.469 e. The molecule has 1 amide bonds. The van der Waals surface area contributed by atoms with Crippen molar-refractivity contribution in [3.8, 4) is 0 Å². The largest absolute Gasteiger partial charge is 0.469 e. The van der Waals surface area contributed by atoms with E-state index >= 15 is 0 Å². The summed E-state index contributed by atoms with van der Waals surface area (Å²) >= 11 is 0. The van der Waals surface area contributed by atoms with Gasteiger partial charge in [-0.3, -0.25) is 9.69 Å². The van der Waals surface area contributed by atoms with Gasteiger partial charge in [0.2, 0.25) is 0 Å². The van der Waals surface area contributed by atoms with Gasteiger partial charge in [0.1, 0.15) is 5.60 Å². The number of ether oxygens (including phenoxy) is 2. The maximum atomic E-state index is 12.5. The summed E-state index contributed by atoms with van der Waals surface area (Å²) in [5.41, 5.74) is 3.94. The Hall–Kier alpha value is -2.56. The molecule has 2 aliphatic rings. The molecule has 1 atom stereocenters. The Balaban J connectivity index is 1.84. The second-order valence-corrected chi connectivity index (χ2v) is 8.06. The molecule has 1 aromatic carbocycles. The minimum absolute atomic E-state index is 0.181. The van der Waals surface area contributed by atoms with Gasteiger partial charge >= 0.3 is 12.1 Å². The molecule has 0 saturated carbocycles. The van der Waals surface area contributed by atoms with Crippen LogP contribution in [0.4, 0.5) is 4.79 Å². The van der Waals surface area contributed by atoms with Crippen LogP contribution in [0.15, 0.2) is 36.4 Å². The fourth-order valence-corrected chi connectivity index (χ4v) is 3.57. The summed E-state index contributed by atoms with van der Waals surface area (Å²) in [7, 11) is 1.43. The van der Waals surface area contributed by atoms with Gasteiger partial charge in [-0.15, -0.1) is 0 Å². The van der Waals surface area contributed by atoms with E-state index in [0.717, 1.165) is 22.3 Å². The van der Waals surface area contributed by atoms with E-state index in [9.17, 15) is 9.59 Å². The van der Waals surface area contributed by atoms with Crippen molar-refractivity contribution in [2.45, 2.75) is 52.3 Å². The van der Waals surface area contributed by atoms with Crippen molar-refractivity contribution in [1.29, 1.82) is 0 Å². The number of fused-ring (bicyclic) bond motifs is 1. The second-order valence-electron chi connectivity index (χ2n) is 8.06. The van der Waals surface area contributed by atoms with Gasteiger partial charge in [0.05, 0.1) is 19.6 Å². The number of hydrogen-bond acceptors (Lipinski definition) is 4. The first-order valence-electron chi connectivity index (χ1n) is 9.31. The summed E-state index contributed by atoms with van der Waals surface area (Å²) < 4.78 is 10.5. The lowest BCUT2D eigenvalue weighted by Crippen LogP contribution is -2.33. The summed E-state index contributed by atoms with van der Waals surface area (Å²) in [5.74, 6) is -0.366. The molecule has 0 aromatic heterocycles. The van der Waals surface area contributed by atoms with Crippen molar-refractivity contribution in [1.82, 2.24) is 4.90 Å². The number of rotatable bonds is 2. The highest BCUT2D eigenvalue weighted by atomic mass is 16.6. The van der Waals surface area contributed by atoms with Crippen LogP contribution >= 0.6 is 0 Å². The standard InChI is InChI=1S/C22H27NO4/c1-22(2,3)27-21(25)23-13-17-10-7-11-18(19(17)14-23)15-8-5-6-9-16(12-15)20(24)26-4/h5-8,10-11,16H,9,12-14H2,1-4H3/t16-/m0/s1. The fraction of sp³-hybridized carbons (Fsp3) is 0.455. The molecular formula is C22H27NO4. The Labute approximate surface area is 160 Å². The van der Waals surface area contributed by atoms with Crippen molar-refractivity contribution in [2.75, 3.05) is 7.11 Å². The molecule has 1 aromatic rings. The van der Waals surface area contributed by atoms with Gasteiger partial charge < -0.3 is 9.47 Å². The highest BCUT2D eigenvalue weighted by Gasteiger charge is 2.30. The van der Waals surface area contributed by atoms with Crippen LogP contribution in [0.2, 0.25) is 0 Å². The third-order valence-corrected chi connectivity index (χ3v) is 4.84. The molecule has 5 nitrogen and oxygen atoms in total. The molecule has 0 unspecified atom stereocenters. The quantitative estimate of drug-likeness (QED) is 0.722. The van der Waals surface area contributed by atoms with Crippen LogP contribution in [-0.4, -0.2) is 29.7 Å². The lowest BCUT2D eigenvalue weighted by atomic mass is 9.90. The van der Waals surface area contributed by atoms with E-state index in [2.05, 4.69) is 12.1 Å². The van der Waals surface area contributed by atoms with E-state index in [1.807, 2.05) is 45.1 Å². The zero-order valence-electron chi connectivity index (χ0n) is 16.5. The minimum atomic E-state index is -0.517. The fourth-order valence-electron chi connectivity index (χ4n) is 3.57. The topological polar surface area (TPSA) is 55.8 Å². The molecule has 0 saturated heterocycles. The number of carbonyl (C=O) groups excluding carboxylic acids is 2.